The summed E-state index contributed by atoms with van der Waals surface area (Å²) in [6.45, 7) is -0.0580. The first-order chi connectivity index (χ1) is 13.5. The van der Waals surface area contributed by atoms with Crippen LogP contribution in [-0.4, -0.2) is 36.3 Å². The number of amides is 4. The fraction of sp³-hybridized carbons (Fsp3) is 0.158. The highest BCUT2D eigenvalue weighted by Gasteiger charge is 2.29. The molecule has 1 atom stereocenters. The molecule has 0 radical (unpaired) electrons. The first kappa shape index (κ1) is 17.5. The summed E-state index contributed by atoms with van der Waals surface area (Å²) in [5, 5.41) is 10.5. The largest absolute Gasteiger partial charge is 0.482 e. The molecule has 28 heavy (non-hydrogen) atoms. The van der Waals surface area contributed by atoms with Crippen LogP contribution in [0, 0.1) is 0 Å². The number of fused-ring (bicyclic) bond motifs is 2. The Labute approximate surface area is 159 Å². The summed E-state index contributed by atoms with van der Waals surface area (Å²) >= 11 is 0. The minimum atomic E-state index is -1.01. The van der Waals surface area contributed by atoms with Crippen LogP contribution in [0.15, 0.2) is 42.5 Å². The van der Waals surface area contributed by atoms with E-state index in [0.29, 0.717) is 28.4 Å². The zero-order valence-corrected chi connectivity index (χ0v) is 14.6. The van der Waals surface area contributed by atoms with Crippen LogP contribution in [-0.2, 0) is 14.4 Å². The Hall–Kier alpha value is -3.88. The molecular weight excluding hydrogens is 364 g/mol. The molecule has 0 bridgehead atoms. The van der Waals surface area contributed by atoms with Gasteiger partial charge in [0.25, 0.3) is 11.8 Å². The van der Waals surface area contributed by atoms with Gasteiger partial charge >= 0.3 is 0 Å². The molecular formula is C19H16N4O5. The van der Waals surface area contributed by atoms with Crippen molar-refractivity contribution in [3.05, 3.63) is 48.0 Å². The number of carbonyl (C=O) groups is 4. The lowest BCUT2D eigenvalue weighted by Crippen LogP contribution is -2.43. The number of hydrogen-bond donors (Lipinski definition) is 4. The molecule has 2 aliphatic heterocycles. The Morgan fingerprint density at radius 3 is 2.75 bits per heavy atom. The van der Waals surface area contributed by atoms with Crippen LogP contribution in [0.3, 0.4) is 0 Å². The van der Waals surface area contributed by atoms with E-state index in [1.807, 2.05) is 0 Å². The number of anilines is 3. The second-order valence-electron chi connectivity index (χ2n) is 6.36. The van der Waals surface area contributed by atoms with E-state index in [1.165, 1.54) is 0 Å². The lowest BCUT2D eigenvalue weighted by Gasteiger charge is -2.19. The summed E-state index contributed by atoms with van der Waals surface area (Å²) in [5.41, 5.74) is 1.62. The molecule has 0 aromatic heterocycles. The predicted octanol–water partition coefficient (Wildman–Crippen LogP) is 1.10. The Balaban J connectivity index is 1.44. The molecule has 2 aromatic carbocycles. The summed E-state index contributed by atoms with van der Waals surface area (Å²) in [4.78, 5) is 48.5. The molecule has 1 unspecified atom stereocenters. The first-order valence-electron chi connectivity index (χ1n) is 8.57. The van der Waals surface area contributed by atoms with Crippen LogP contribution < -0.4 is 26.0 Å². The number of carbonyl (C=O) groups excluding carboxylic acids is 4. The summed E-state index contributed by atoms with van der Waals surface area (Å²) < 4.78 is 5.26. The van der Waals surface area contributed by atoms with Crippen molar-refractivity contribution in [3.63, 3.8) is 0 Å². The molecule has 0 fully saturated rings. The van der Waals surface area contributed by atoms with Crippen LogP contribution in [0.2, 0.25) is 0 Å². The summed E-state index contributed by atoms with van der Waals surface area (Å²) in [6, 6.07) is 10.4. The van der Waals surface area contributed by atoms with Gasteiger partial charge in [0.05, 0.1) is 23.4 Å². The van der Waals surface area contributed by atoms with Crippen molar-refractivity contribution in [1.29, 1.82) is 0 Å². The first-order valence-corrected chi connectivity index (χ1v) is 8.57. The Morgan fingerprint density at radius 2 is 1.89 bits per heavy atom. The Kier molecular flexibility index (Phi) is 4.40. The van der Waals surface area contributed by atoms with Crippen molar-refractivity contribution < 1.29 is 23.9 Å². The fourth-order valence-electron chi connectivity index (χ4n) is 3.01. The Morgan fingerprint density at radius 1 is 1.07 bits per heavy atom. The van der Waals surface area contributed by atoms with Crippen molar-refractivity contribution in [2.24, 2.45) is 0 Å². The number of rotatable bonds is 3. The highest BCUT2D eigenvalue weighted by atomic mass is 16.5. The molecule has 4 N–H and O–H groups in total. The normalized spacial score (nSPS) is 17.7. The minimum absolute atomic E-state index is 0.0580. The van der Waals surface area contributed by atoms with Crippen LogP contribution in [0.25, 0.3) is 0 Å². The number of para-hydroxylation sites is 1. The van der Waals surface area contributed by atoms with Gasteiger partial charge in [-0.1, -0.05) is 12.1 Å². The lowest BCUT2D eigenvalue weighted by molar-refractivity contribution is -0.122. The van der Waals surface area contributed by atoms with Crippen LogP contribution in [0.4, 0.5) is 17.1 Å². The molecule has 2 aliphatic rings. The van der Waals surface area contributed by atoms with Crippen molar-refractivity contribution in [3.8, 4) is 5.75 Å². The van der Waals surface area contributed by atoms with E-state index in [0.717, 1.165) is 0 Å². The Bertz CT molecular complexity index is 1000. The second kappa shape index (κ2) is 7.03. The van der Waals surface area contributed by atoms with Crippen molar-refractivity contribution >= 4 is 40.7 Å². The van der Waals surface area contributed by atoms with Crippen molar-refractivity contribution in [1.82, 2.24) is 5.32 Å². The summed E-state index contributed by atoms with van der Waals surface area (Å²) in [7, 11) is 0. The van der Waals surface area contributed by atoms with Gasteiger partial charge < -0.3 is 26.0 Å². The van der Waals surface area contributed by atoms with Gasteiger partial charge in [-0.2, -0.15) is 0 Å². The van der Waals surface area contributed by atoms with Crippen LogP contribution in [0.5, 0.6) is 5.75 Å². The molecule has 0 saturated heterocycles. The molecule has 4 rings (SSSR count). The van der Waals surface area contributed by atoms with Gasteiger partial charge in [0.15, 0.2) is 6.61 Å². The van der Waals surface area contributed by atoms with Gasteiger partial charge in [0.1, 0.15) is 11.8 Å². The molecule has 9 nitrogen and oxygen atoms in total. The maximum atomic E-state index is 12.4. The average molecular weight is 380 g/mol. The SMILES string of the molecule is O=C(CC1NC(=O)c2ccccc2NC1=O)Nc1ccc2c(c1)NC(=O)CO2. The third-order valence-corrected chi connectivity index (χ3v) is 4.34. The van der Waals surface area contributed by atoms with E-state index in [9.17, 15) is 19.2 Å². The minimum Gasteiger partial charge on any atom is -0.482 e. The smallest absolute Gasteiger partial charge is 0.262 e. The van der Waals surface area contributed by atoms with Crippen molar-refractivity contribution in [2.75, 3.05) is 22.6 Å². The molecule has 9 heteroatoms. The van der Waals surface area contributed by atoms with Crippen LogP contribution >= 0.6 is 0 Å². The van der Waals surface area contributed by atoms with Gasteiger partial charge in [0.2, 0.25) is 11.8 Å². The highest BCUT2D eigenvalue weighted by molar-refractivity contribution is 6.11. The zero-order chi connectivity index (χ0) is 19.7. The van der Waals surface area contributed by atoms with Crippen LogP contribution in [0.1, 0.15) is 16.8 Å². The number of benzene rings is 2. The van der Waals surface area contributed by atoms with E-state index in [1.54, 1.807) is 42.5 Å². The fourth-order valence-corrected chi connectivity index (χ4v) is 3.01. The average Bonchev–Trinajstić information content (AvgIpc) is 2.78. The third-order valence-electron chi connectivity index (χ3n) is 4.34. The molecule has 4 amide bonds. The third kappa shape index (κ3) is 3.50. The predicted molar refractivity (Wildman–Crippen MR) is 100 cm³/mol. The number of ether oxygens (including phenoxy) is 1. The van der Waals surface area contributed by atoms with Gasteiger partial charge in [-0.05, 0) is 30.3 Å². The van der Waals surface area contributed by atoms with E-state index >= 15 is 0 Å². The summed E-state index contributed by atoms with van der Waals surface area (Å²) in [5.74, 6) is -1.14. The number of hydrogen-bond acceptors (Lipinski definition) is 5. The van der Waals surface area contributed by atoms with E-state index in [2.05, 4.69) is 21.3 Å². The number of nitrogens with one attached hydrogen (secondary N) is 4. The van der Waals surface area contributed by atoms with Gasteiger partial charge in [0, 0.05) is 5.69 Å². The monoisotopic (exact) mass is 380 g/mol. The standard InChI is InChI=1S/C19H16N4O5/c24-16(20-10-5-6-15-13(7-10)21-17(25)9-28-15)8-14-19(27)22-12-4-2-1-3-11(12)18(26)23-14/h1-7,14H,8-9H2,(H,20,24)(H,21,25)(H,22,27)(H,23,26). The highest BCUT2D eigenvalue weighted by Crippen LogP contribution is 2.30. The maximum absolute atomic E-state index is 12.4. The van der Waals surface area contributed by atoms with Crippen molar-refractivity contribution in [2.45, 2.75) is 12.5 Å². The van der Waals surface area contributed by atoms with Gasteiger partial charge in [-0.25, -0.2) is 0 Å². The zero-order valence-electron chi connectivity index (χ0n) is 14.6. The molecule has 0 spiro atoms. The second-order valence-corrected chi connectivity index (χ2v) is 6.36. The quantitative estimate of drug-likeness (QED) is 0.634. The molecule has 2 aromatic rings. The molecule has 0 saturated carbocycles. The van der Waals surface area contributed by atoms with E-state index in [-0.39, 0.29) is 18.9 Å². The van der Waals surface area contributed by atoms with Gasteiger partial charge in [-0.15, -0.1) is 0 Å². The topological polar surface area (TPSA) is 126 Å². The maximum Gasteiger partial charge on any atom is 0.262 e. The van der Waals surface area contributed by atoms with E-state index in [4.69, 9.17) is 4.74 Å². The van der Waals surface area contributed by atoms with E-state index < -0.39 is 23.8 Å². The lowest BCUT2D eigenvalue weighted by atomic mass is 10.1. The van der Waals surface area contributed by atoms with Gasteiger partial charge in [-0.3, -0.25) is 19.2 Å². The molecule has 142 valence electrons. The summed E-state index contributed by atoms with van der Waals surface area (Å²) in [6.07, 6.45) is -0.245. The molecule has 2 heterocycles. The molecule has 0 aliphatic carbocycles.